The Morgan fingerprint density at radius 2 is 1.81 bits per heavy atom. The number of likely N-dealkylation sites (N-methyl/N-ethyl adjacent to an activating group) is 1. The molecule has 2 rings (SSSR count). The molecule has 0 saturated carbocycles. The van der Waals surface area contributed by atoms with Crippen LogP contribution in [0.1, 0.15) is 17.5 Å². The predicted molar refractivity (Wildman–Crippen MR) is 83.4 cm³/mol. The lowest BCUT2D eigenvalue weighted by molar-refractivity contribution is -0.131. The van der Waals surface area contributed by atoms with Gasteiger partial charge in [0, 0.05) is 26.0 Å². The van der Waals surface area contributed by atoms with Gasteiger partial charge in [0.15, 0.2) is 0 Å². The summed E-state index contributed by atoms with van der Waals surface area (Å²) in [7, 11) is 1.78. The van der Waals surface area contributed by atoms with E-state index in [-0.39, 0.29) is 5.91 Å². The fourth-order valence-corrected chi connectivity index (χ4v) is 2.21. The number of amides is 1. The lowest BCUT2D eigenvalue weighted by Crippen LogP contribution is -2.41. The minimum Gasteiger partial charge on any atom is -0.340 e. The molecule has 21 heavy (non-hydrogen) atoms. The van der Waals surface area contributed by atoms with E-state index in [0.717, 1.165) is 12.0 Å². The Morgan fingerprint density at radius 3 is 2.48 bits per heavy atom. The van der Waals surface area contributed by atoms with Gasteiger partial charge in [-0.2, -0.15) is 0 Å². The molecule has 0 radical (unpaired) electrons. The van der Waals surface area contributed by atoms with Crippen molar-refractivity contribution in [2.45, 2.75) is 25.4 Å². The lowest BCUT2D eigenvalue weighted by atomic mass is 10.0. The topological polar surface area (TPSA) is 59.2 Å². The van der Waals surface area contributed by atoms with E-state index in [9.17, 15) is 4.79 Å². The van der Waals surface area contributed by atoms with Crippen molar-refractivity contribution < 1.29 is 4.79 Å². The monoisotopic (exact) mass is 283 g/mol. The van der Waals surface area contributed by atoms with E-state index in [1.807, 2.05) is 30.3 Å². The molecular weight excluding hydrogens is 262 g/mol. The highest BCUT2D eigenvalue weighted by Gasteiger charge is 2.17. The van der Waals surface area contributed by atoms with Crippen LogP contribution in [0.4, 0.5) is 0 Å². The Bertz CT molecular complexity index is 557. The summed E-state index contributed by atoms with van der Waals surface area (Å²) in [6.45, 7) is 0.556. The Morgan fingerprint density at radius 1 is 1.14 bits per heavy atom. The third-order valence-corrected chi connectivity index (χ3v) is 3.45. The van der Waals surface area contributed by atoms with E-state index in [4.69, 9.17) is 5.73 Å². The van der Waals surface area contributed by atoms with Gasteiger partial charge >= 0.3 is 0 Å². The highest BCUT2D eigenvalue weighted by atomic mass is 16.2. The Balaban J connectivity index is 1.84. The molecule has 1 amide bonds. The molecule has 110 valence electrons. The zero-order valence-corrected chi connectivity index (χ0v) is 12.3. The van der Waals surface area contributed by atoms with E-state index in [0.29, 0.717) is 13.0 Å². The molecular formula is C17H21N3O. The molecule has 4 heteroatoms. The molecule has 0 aliphatic carbocycles. The smallest absolute Gasteiger partial charge is 0.239 e. The van der Waals surface area contributed by atoms with Crippen molar-refractivity contribution in [2.24, 2.45) is 5.73 Å². The quantitative estimate of drug-likeness (QED) is 0.882. The molecule has 0 saturated heterocycles. The van der Waals surface area contributed by atoms with Crippen molar-refractivity contribution >= 4 is 5.91 Å². The van der Waals surface area contributed by atoms with Crippen molar-refractivity contribution in [2.75, 3.05) is 7.05 Å². The number of carbonyl (C=O) groups is 1. The van der Waals surface area contributed by atoms with Gasteiger partial charge in [0.2, 0.25) is 5.91 Å². The van der Waals surface area contributed by atoms with Crippen molar-refractivity contribution in [1.29, 1.82) is 0 Å². The number of aryl methyl sites for hydroxylation is 1. The summed E-state index contributed by atoms with van der Waals surface area (Å²) in [5.74, 6) is -0.0252. The number of nitrogens with two attached hydrogens (primary N) is 1. The average Bonchev–Trinajstić information content (AvgIpc) is 2.53. The van der Waals surface area contributed by atoms with Gasteiger partial charge in [0.25, 0.3) is 0 Å². The standard InChI is InChI=1S/C17H21N3O/c1-20(13-15-9-11-19-12-10-15)17(21)16(18)8-7-14-5-3-2-4-6-14/h2-6,9-12,16H,7-8,13,18H2,1H3. The van der Waals surface area contributed by atoms with Gasteiger partial charge in [-0.1, -0.05) is 30.3 Å². The summed E-state index contributed by atoms with van der Waals surface area (Å²) in [5.41, 5.74) is 8.27. The second-order valence-corrected chi connectivity index (χ2v) is 5.18. The number of nitrogens with zero attached hydrogens (tertiary/aromatic N) is 2. The first kappa shape index (κ1) is 15.2. The molecule has 1 atom stereocenters. The summed E-state index contributed by atoms with van der Waals surface area (Å²) in [6, 6.07) is 13.4. The van der Waals surface area contributed by atoms with Crippen LogP contribution in [-0.2, 0) is 17.8 Å². The maximum atomic E-state index is 12.3. The zero-order chi connectivity index (χ0) is 15.1. The van der Waals surface area contributed by atoms with Crippen LogP contribution in [0, 0.1) is 0 Å². The van der Waals surface area contributed by atoms with Crippen molar-refractivity contribution in [3.63, 3.8) is 0 Å². The first-order chi connectivity index (χ1) is 10.2. The molecule has 1 heterocycles. The normalized spacial score (nSPS) is 11.9. The Kier molecular flexibility index (Phi) is 5.46. The number of pyridine rings is 1. The fourth-order valence-electron chi connectivity index (χ4n) is 2.21. The number of carbonyl (C=O) groups excluding carboxylic acids is 1. The van der Waals surface area contributed by atoms with Crippen LogP contribution in [-0.4, -0.2) is 28.9 Å². The Hall–Kier alpha value is -2.20. The number of rotatable bonds is 6. The zero-order valence-electron chi connectivity index (χ0n) is 12.3. The molecule has 0 bridgehead atoms. The van der Waals surface area contributed by atoms with E-state index in [1.54, 1.807) is 24.3 Å². The fraction of sp³-hybridized carbons (Fsp3) is 0.294. The molecule has 0 aliphatic rings. The van der Waals surface area contributed by atoms with E-state index < -0.39 is 6.04 Å². The summed E-state index contributed by atoms with van der Waals surface area (Å²) >= 11 is 0. The molecule has 1 aromatic carbocycles. The first-order valence-electron chi connectivity index (χ1n) is 7.10. The maximum absolute atomic E-state index is 12.3. The maximum Gasteiger partial charge on any atom is 0.239 e. The van der Waals surface area contributed by atoms with Gasteiger partial charge in [-0.3, -0.25) is 9.78 Å². The van der Waals surface area contributed by atoms with Crippen LogP contribution in [0.5, 0.6) is 0 Å². The van der Waals surface area contributed by atoms with Crippen LogP contribution >= 0.6 is 0 Å². The van der Waals surface area contributed by atoms with Crippen LogP contribution in [0.3, 0.4) is 0 Å². The molecule has 0 fully saturated rings. The van der Waals surface area contributed by atoms with Crippen molar-refractivity contribution in [3.05, 3.63) is 66.0 Å². The van der Waals surface area contributed by atoms with Gasteiger partial charge in [0.1, 0.15) is 0 Å². The van der Waals surface area contributed by atoms with Crippen LogP contribution in [0.25, 0.3) is 0 Å². The number of hydrogen-bond donors (Lipinski definition) is 1. The van der Waals surface area contributed by atoms with Crippen molar-refractivity contribution in [1.82, 2.24) is 9.88 Å². The third kappa shape index (κ3) is 4.68. The second-order valence-electron chi connectivity index (χ2n) is 5.18. The minimum absolute atomic E-state index is 0.0252. The molecule has 1 aromatic heterocycles. The SMILES string of the molecule is CN(Cc1ccncc1)C(=O)C(N)CCc1ccccc1. The second kappa shape index (κ2) is 7.55. The molecule has 2 N–H and O–H groups in total. The largest absolute Gasteiger partial charge is 0.340 e. The van der Waals surface area contributed by atoms with Gasteiger partial charge in [-0.05, 0) is 36.1 Å². The summed E-state index contributed by atoms with van der Waals surface area (Å²) in [5, 5.41) is 0. The molecule has 0 aliphatic heterocycles. The Labute approximate surface area is 125 Å². The van der Waals surface area contributed by atoms with Crippen LogP contribution in [0.2, 0.25) is 0 Å². The van der Waals surface area contributed by atoms with Crippen LogP contribution in [0.15, 0.2) is 54.9 Å². The van der Waals surface area contributed by atoms with E-state index >= 15 is 0 Å². The summed E-state index contributed by atoms with van der Waals surface area (Å²) < 4.78 is 0. The van der Waals surface area contributed by atoms with Gasteiger partial charge in [-0.15, -0.1) is 0 Å². The van der Waals surface area contributed by atoms with Gasteiger partial charge in [0.05, 0.1) is 6.04 Å². The number of hydrogen-bond acceptors (Lipinski definition) is 3. The average molecular weight is 283 g/mol. The number of aromatic nitrogens is 1. The molecule has 0 spiro atoms. The first-order valence-corrected chi connectivity index (χ1v) is 7.10. The van der Waals surface area contributed by atoms with E-state index in [1.165, 1.54) is 5.56 Å². The van der Waals surface area contributed by atoms with Gasteiger partial charge in [-0.25, -0.2) is 0 Å². The highest BCUT2D eigenvalue weighted by Crippen LogP contribution is 2.07. The molecule has 2 aromatic rings. The number of benzene rings is 1. The molecule has 1 unspecified atom stereocenters. The van der Waals surface area contributed by atoms with Gasteiger partial charge < -0.3 is 10.6 Å². The third-order valence-electron chi connectivity index (χ3n) is 3.45. The van der Waals surface area contributed by atoms with Crippen LogP contribution < -0.4 is 5.73 Å². The summed E-state index contributed by atoms with van der Waals surface area (Å²) in [4.78, 5) is 17.9. The minimum atomic E-state index is -0.461. The van der Waals surface area contributed by atoms with Crippen molar-refractivity contribution in [3.8, 4) is 0 Å². The molecule has 4 nitrogen and oxygen atoms in total. The highest BCUT2D eigenvalue weighted by molar-refractivity contribution is 5.81. The predicted octanol–water partition coefficient (Wildman–Crippen LogP) is 2.00. The summed E-state index contributed by atoms with van der Waals surface area (Å²) in [6.07, 6.45) is 4.92. The lowest BCUT2D eigenvalue weighted by Gasteiger charge is -2.21. The van der Waals surface area contributed by atoms with E-state index in [2.05, 4.69) is 17.1 Å².